The summed E-state index contributed by atoms with van der Waals surface area (Å²) in [7, 11) is 0. The molecule has 1 aromatic carbocycles. The average Bonchev–Trinajstić information content (AvgIpc) is 2.26. The number of nitrogens with zero attached hydrogens (tertiary/aromatic N) is 1. The summed E-state index contributed by atoms with van der Waals surface area (Å²) in [5.41, 5.74) is 7.61. The first-order chi connectivity index (χ1) is 7.63. The molecule has 0 aliphatic carbocycles. The molecule has 2 N–H and O–H groups in total. The highest BCUT2D eigenvalue weighted by Crippen LogP contribution is 2.31. The van der Waals surface area contributed by atoms with Crippen LogP contribution in [-0.4, -0.2) is 4.98 Å². The highest BCUT2D eigenvalue weighted by molar-refractivity contribution is 6.45. The number of rotatable bonds is 2. The Hall–Kier alpha value is -0.990. The Kier molecular flexibility index (Phi) is 3.22. The van der Waals surface area contributed by atoms with Gasteiger partial charge in [-0.2, -0.15) is 0 Å². The molecule has 0 aliphatic heterocycles. The summed E-state index contributed by atoms with van der Waals surface area (Å²) in [6.07, 6.45) is 1.97. The van der Waals surface area contributed by atoms with Crippen molar-refractivity contribution in [1.82, 2.24) is 4.98 Å². The third kappa shape index (κ3) is 1.95. The van der Waals surface area contributed by atoms with Crippen LogP contribution >= 0.6 is 23.2 Å². The molecule has 0 fully saturated rings. The van der Waals surface area contributed by atoms with E-state index in [4.69, 9.17) is 28.9 Å². The van der Waals surface area contributed by atoms with E-state index in [-0.39, 0.29) is 0 Å². The molecule has 0 atom stereocenters. The van der Waals surface area contributed by atoms with Crippen LogP contribution in [0.5, 0.6) is 0 Å². The molecule has 84 valence electrons. The normalized spacial score (nSPS) is 10.9. The molecule has 2 nitrogen and oxygen atoms in total. The maximum atomic E-state index is 6.08. The number of hydrogen-bond donors (Lipinski definition) is 1. The Morgan fingerprint density at radius 3 is 2.75 bits per heavy atom. The van der Waals surface area contributed by atoms with E-state index in [1.54, 1.807) is 6.07 Å². The monoisotopic (exact) mass is 254 g/mol. The van der Waals surface area contributed by atoms with E-state index in [0.29, 0.717) is 21.4 Å². The second kappa shape index (κ2) is 4.48. The van der Waals surface area contributed by atoms with Gasteiger partial charge >= 0.3 is 0 Å². The number of aryl methyl sites for hydroxylation is 1. The zero-order valence-corrected chi connectivity index (χ0v) is 10.4. The van der Waals surface area contributed by atoms with Crippen molar-refractivity contribution in [1.29, 1.82) is 0 Å². The van der Waals surface area contributed by atoms with Crippen LogP contribution in [0.3, 0.4) is 0 Å². The van der Waals surface area contributed by atoms with Crippen molar-refractivity contribution >= 4 is 39.9 Å². The van der Waals surface area contributed by atoms with Crippen LogP contribution < -0.4 is 5.73 Å². The quantitative estimate of drug-likeness (QED) is 0.878. The number of halogens is 2. The Balaban J connectivity index is 2.69. The van der Waals surface area contributed by atoms with Crippen LogP contribution in [0.15, 0.2) is 18.2 Å². The summed E-state index contributed by atoms with van der Waals surface area (Å²) in [5, 5.41) is 1.95. The first-order valence-electron chi connectivity index (χ1n) is 5.16. The minimum absolute atomic E-state index is 0.467. The van der Waals surface area contributed by atoms with Gasteiger partial charge in [0.1, 0.15) is 5.82 Å². The second-order valence-corrected chi connectivity index (χ2v) is 4.50. The summed E-state index contributed by atoms with van der Waals surface area (Å²) >= 11 is 12.0. The molecular formula is C12H12Cl2N2. The lowest BCUT2D eigenvalue weighted by Gasteiger charge is -2.07. The van der Waals surface area contributed by atoms with E-state index in [2.05, 4.69) is 11.9 Å². The standard InChI is InChI=1S/C12H12Cl2N2/c1-2-3-8-6-7-4-5-9(13)10(14)11(7)16-12(8)15/h4-6H,2-3H2,1H3,(H2,15,16). The lowest BCUT2D eigenvalue weighted by atomic mass is 10.1. The highest BCUT2D eigenvalue weighted by Gasteiger charge is 2.08. The summed E-state index contributed by atoms with van der Waals surface area (Å²) in [6, 6.07) is 5.72. The minimum Gasteiger partial charge on any atom is -0.383 e. The maximum Gasteiger partial charge on any atom is 0.127 e. The number of pyridine rings is 1. The molecule has 2 rings (SSSR count). The second-order valence-electron chi connectivity index (χ2n) is 3.72. The lowest BCUT2D eigenvalue weighted by molar-refractivity contribution is 0.921. The van der Waals surface area contributed by atoms with Crippen LogP contribution in [-0.2, 0) is 6.42 Å². The Bertz CT molecular complexity index is 538. The van der Waals surface area contributed by atoms with Gasteiger partial charge in [-0.25, -0.2) is 4.98 Å². The van der Waals surface area contributed by atoms with Gasteiger partial charge in [0.15, 0.2) is 0 Å². The van der Waals surface area contributed by atoms with Crippen molar-refractivity contribution < 1.29 is 0 Å². The van der Waals surface area contributed by atoms with E-state index < -0.39 is 0 Å². The van der Waals surface area contributed by atoms with Gasteiger partial charge in [-0.1, -0.05) is 42.6 Å². The van der Waals surface area contributed by atoms with Gasteiger partial charge in [0, 0.05) is 5.39 Å². The van der Waals surface area contributed by atoms with Crippen LogP contribution in [0.1, 0.15) is 18.9 Å². The lowest BCUT2D eigenvalue weighted by Crippen LogP contribution is -1.98. The molecule has 0 bridgehead atoms. The largest absolute Gasteiger partial charge is 0.383 e. The summed E-state index contributed by atoms with van der Waals surface area (Å²) in [6.45, 7) is 2.11. The molecule has 1 aromatic heterocycles. The number of anilines is 1. The summed E-state index contributed by atoms with van der Waals surface area (Å²) in [4.78, 5) is 4.32. The predicted molar refractivity (Wildman–Crippen MR) is 70.2 cm³/mol. The first kappa shape index (κ1) is 11.5. The molecule has 0 aliphatic rings. The summed E-state index contributed by atoms with van der Waals surface area (Å²) < 4.78 is 0. The van der Waals surface area contributed by atoms with Crippen molar-refractivity contribution in [3.63, 3.8) is 0 Å². The molecule has 2 aromatic rings. The fourth-order valence-corrected chi connectivity index (χ4v) is 2.08. The van der Waals surface area contributed by atoms with Crippen molar-refractivity contribution in [2.24, 2.45) is 0 Å². The zero-order chi connectivity index (χ0) is 11.7. The number of benzene rings is 1. The van der Waals surface area contributed by atoms with Gasteiger partial charge in [-0.05, 0) is 24.1 Å². The van der Waals surface area contributed by atoms with Gasteiger partial charge in [0.05, 0.1) is 15.6 Å². The third-order valence-electron chi connectivity index (χ3n) is 2.51. The molecule has 1 heterocycles. The smallest absolute Gasteiger partial charge is 0.127 e. The van der Waals surface area contributed by atoms with Gasteiger partial charge in [-0.15, -0.1) is 0 Å². The van der Waals surface area contributed by atoms with Gasteiger partial charge in [0.2, 0.25) is 0 Å². The van der Waals surface area contributed by atoms with E-state index in [9.17, 15) is 0 Å². The first-order valence-corrected chi connectivity index (χ1v) is 5.92. The molecule has 0 spiro atoms. The molecule has 0 unspecified atom stereocenters. The van der Waals surface area contributed by atoms with E-state index in [1.165, 1.54) is 0 Å². The van der Waals surface area contributed by atoms with Crippen molar-refractivity contribution in [2.45, 2.75) is 19.8 Å². The van der Waals surface area contributed by atoms with Gasteiger partial charge < -0.3 is 5.73 Å². The van der Waals surface area contributed by atoms with Crippen molar-refractivity contribution in [2.75, 3.05) is 5.73 Å². The Labute approximate surface area is 104 Å². The molecular weight excluding hydrogens is 243 g/mol. The maximum absolute atomic E-state index is 6.08. The van der Waals surface area contributed by atoms with E-state index >= 15 is 0 Å². The van der Waals surface area contributed by atoms with Gasteiger partial charge in [0.25, 0.3) is 0 Å². The number of fused-ring (bicyclic) bond motifs is 1. The molecule has 0 saturated carbocycles. The Morgan fingerprint density at radius 1 is 1.31 bits per heavy atom. The van der Waals surface area contributed by atoms with Gasteiger partial charge in [-0.3, -0.25) is 0 Å². The highest BCUT2D eigenvalue weighted by atomic mass is 35.5. The third-order valence-corrected chi connectivity index (χ3v) is 3.30. The summed E-state index contributed by atoms with van der Waals surface area (Å²) in [5.74, 6) is 0.540. The Morgan fingerprint density at radius 2 is 2.06 bits per heavy atom. The fourth-order valence-electron chi connectivity index (χ4n) is 1.71. The number of hydrogen-bond acceptors (Lipinski definition) is 2. The SMILES string of the molecule is CCCc1cc2ccc(Cl)c(Cl)c2nc1N. The number of nitrogen functional groups attached to an aromatic ring is 1. The average molecular weight is 255 g/mol. The minimum atomic E-state index is 0.467. The topological polar surface area (TPSA) is 38.9 Å². The molecule has 0 radical (unpaired) electrons. The zero-order valence-electron chi connectivity index (χ0n) is 8.93. The number of aromatic nitrogens is 1. The molecule has 0 saturated heterocycles. The van der Waals surface area contributed by atoms with E-state index in [1.807, 2.05) is 12.1 Å². The van der Waals surface area contributed by atoms with Crippen LogP contribution in [0.2, 0.25) is 10.0 Å². The molecule has 4 heteroatoms. The van der Waals surface area contributed by atoms with E-state index in [0.717, 1.165) is 23.8 Å². The fraction of sp³-hybridized carbons (Fsp3) is 0.250. The van der Waals surface area contributed by atoms with Crippen molar-refractivity contribution in [3.8, 4) is 0 Å². The van der Waals surface area contributed by atoms with Crippen LogP contribution in [0.25, 0.3) is 10.9 Å². The molecule has 0 amide bonds. The van der Waals surface area contributed by atoms with Crippen LogP contribution in [0, 0.1) is 0 Å². The predicted octanol–water partition coefficient (Wildman–Crippen LogP) is 4.08. The molecule has 16 heavy (non-hydrogen) atoms. The number of nitrogens with two attached hydrogens (primary N) is 1. The van der Waals surface area contributed by atoms with Crippen molar-refractivity contribution in [3.05, 3.63) is 33.8 Å². The van der Waals surface area contributed by atoms with Crippen LogP contribution in [0.4, 0.5) is 5.82 Å².